The number of thiocarbonyl (C=S) groups is 1. The first-order valence-corrected chi connectivity index (χ1v) is 7.77. The van der Waals surface area contributed by atoms with Crippen LogP contribution in [0.3, 0.4) is 0 Å². The van der Waals surface area contributed by atoms with Crippen LogP contribution in [0.15, 0.2) is 70.0 Å². The third kappa shape index (κ3) is 2.61. The van der Waals surface area contributed by atoms with E-state index in [0.29, 0.717) is 11.7 Å². The van der Waals surface area contributed by atoms with Gasteiger partial charge in [-0.3, -0.25) is 4.98 Å². The lowest BCUT2D eigenvalue weighted by Crippen LogP contribution is -2.28. The minimum atomic E-state index is -0.0718. The van der Waals surface area contributed by atoms with Gasteiger partial charge in [0.1, 0.15) is 17.6 Å². The van der Waals surface area contributed by atoms with Crippen molar-refractivity contribution in [1.29, 1.82) is 0 Å². The maximum absolute atomic E-state index is 5.67. The van der Waals surface area contributed by atoms with Crippen molar-refractivity contribution in [2.45, 2.75) is 18.6 Å². The highest BCUT2D eigenvalue weighted by Gasteiger charge is 2.41. The van der Waals surface area contributed by atoms with E-state index in [-0.39, 0.29) is 12.1 Å². The second-order valence-corrected chi connectivity index (χ2v) is 5.74. The van der Waals surface area contributed by atoms with E-state index < -0.39 is 0 Å². The van der Waals surface area contributed by atoms with Gasteiger partial charge in [0.25, 0.3) is 0 Å². The van der Waals surface area contributed by atoms with Gasteiger partial charge < -0.3 is 19.1 Å². The van der Waals surface area contributed by atoms with E-state index in [4.69, 9.17) is 21.1 Å². The van der Waals surface area contributed by atoms with Gasteiger partial charge >= 0.3 is 0 Å². The smallest absolute Gasteiger partial charge is 0.170 e. The summed E-state index contributed by atoms with van der Waals surface area (Å²) in [6.45, 7) is 0.577. The Morgan fingerprint density at radius 3 is 2.65 bits per heavy atom. The molecular weight excluding hydrogens is 310 g/mol. The summed E-state index contributed by atoms with van der Waals surface area (Å²) in [4.78, 5) is 6.55. The fourth-order valence-corrected chi connectivity index (χ4v) is 3.22. The molecule has 4 heterocycles. The molecule has 0 unspecified atom stereocenters. The fourth-order valence-electron chi connectivity index (χ4n) is 2.91. The summed E-state index contributed by atoms with van der Waals surface area (Å²) in [5.74, 6) is 1.70. The first-order valence-electron chi connectivity index (χ1n) is 7.37. The summed E-state index contributed by atoms with van der Waals surface area (Å²) in [7, 11) is 0. The van der Waals surface area contributed by atoms with Gasteiger partial charge in [0.05, 0.1) is 30.8 Å². The number of aromatic nitrogens is 1. The van der Waals surface area contributed by atoms with E-state index in [2.05, 4.69) is 15.2 Å². The summed E-state index contributed by atoms with van der Waals surface area (Å²) >= 11 is 5.55. The highest BCUT2D eigenvalue weighted by Crippen LogP contribution is 2.39. The summed E-state index contributed by atoms with van der Waals surface area (Å²) < 4.78 is 11.1. The lowest BCUT2D eigenvalue weighted by molar-refractivity contribution is 0.251. The minimum absolute atomic E-state index is 0.0650. The van der Waals surface area contributed by atoms with E-state index in [0.717, 1.165) is 17.2 Å². The van der Waals surface area contributed by atoms with E-state index in [1.54, 1.807) is 18.7 Å². The Kier molecular flexibility index (Phi) is 3.59. The van der Waals surface area contributed by atoms with E-state index in [1.807, 2.05) is 42.5 Å². The van der Waals surface area contributed by atoms with E-state index >= 15 is 0 Å². The maximum Gasteiger partial charge on any atom is 0.170 e. The van der Waals surface area contributed by atoms with Gasteiger partial charge in [0, 0.05) is 6.20 Å². The van der Waals surface area contributed by atoms with Crippen molar-refractivity contribution >= 4 is 17.3 Å². The molecule has 23 heavy (non-hydrogen) atoms. The predicted molar refractivity (Wildman–Crippen MR) is 88.4 cm³/mol. The fraction of sp³-hybridized carbons (Fsp3) is 0.176. The number of hydrogen-bond donors (Lipinski definition) is 1. The van der Waals surface area contributed by atoms with Gasteiger partial charge in [-0.1, -0.05) is 6.07 Å². The molecule has 1 saturated heterocycles. The highest BCUT2D eigenvalue weighted by molar-refractivity contribution is 7.80. The molecule has 0 radical (unpaired) electrons. The van der Waals surface area contributed by atoms with Crippen LogP contribution in [0.5, 0.6) is 0 Å². The lowest BCUT2D eigenvalue weighted by atomic mass is 10.0. The van der Waals surface area contributed by atoms with Crippen molar-refractivity contribution in [1.82, 2.24) is 15.2 Å². The summed E-state index contributed by atoms with van der Waals surface area (Å²) in [5, 5.41) is 4.03. The molecule has 6 heteroatoms. The minimum Gasteiger partial charge on any atom is -0.467 e. The van der Waals surface area contributed by atoms with Crippen molar-refractivity contribution in [3.05, 3.63) is 78.4 Å². The Labute approximate surface area is 138 Å². The average molecular weight is 325 g/mol. The zero-order chi connectivity index (χ0) is 15.6. The molecule has 3 aromatic heterocycles. The number of rotatable bonds is 4. The molecule has 116 valence electrons. The van der Waals surface area contributed by atoms with Crippen molar-refractivity contribution in [3.63, 3.8) is 0 Å². The van der Waals surface area contributed by atoms with Crippen LogP contribution in [0.25, 0.3) is 0 Å². The molecule has 1 N–H and O–H groups in total. The average Bonchev–Trinajstić information content (AvgIpc) is 3.31. The van der Waals surface area contributed by atoms with Crippen molar-refractivity contribution in [3.8, 4) is 0 Å². The van der Waals surface area contributed by atoms with Gasteiger partial charge in [-0.05, 0) is 48.6 Å². The first-order chi connectivity index (χ1) is 11.3. The Morgan fingerprint density at radius 1 is 1.09 bits per heavy atom. The number of pyridine rings is 1. The number of nitrogens with one attached hydrogen (secondary N) is 1. The molecule has 3 aromatic rings. The molecule has 2 atom stereocenters. The van der Waals surface area contributed by atoms with Crippen molar-refractivity contribution in [2.75, 3.05) is 0 Å². The van der Waals surface area contributed by atoms with Crippen LogP contribution in [-0.4, -0.2) is 15.0 Å². The molecular formula is C17H15N3O2S. The topological polar surface area (TPSA) is 54.4 Å². The number of hydrogen-bond acceptors (Lipinski definition) is 4. The molecule has 0 bridgehead atoms. The van der Waals surface area contributed by atoms with Gasteiger partial charge in [-0.15, -0.1) is 0 Å². The van der Waals surface area contributed by atoms with Crippen LogP contribution < -0.4 is 5.32 Å². The molecule has 0 aromatic carbocycles. The van der Waals surface area contributed by atoms with Crippen LogP contribution >= 0.6 is 12.2 Å². The predicted octanol–water partition coefficient (Wildman–Crippen LogP) is 3.44. The van der Waals surface area contributed by atoms with Crippen LogP contribution in [-0.2, 0) is 6.54 Å². The van der Waals surface area contributed by atoms with Crippen LogP contribution in [0.1, 0.15) is 29.3 Å². The zero-order valence-electron chi connectivity index (χ0n) is 12.3. The van der Waals surface area contributed by atoms with E-state index in [9.17, 15) is 0 Å². The van der Waals surface area contributed by atoms with E-state index in [1.165, 1.54) is 0 Å². The van der Waals surface area contributed by atoms with Crippen LogP contribution in [0.4, 0.5) is 0 Å². The maximum atomic E-state index is 5.67. The molecule has 0 spiro atoms. The highest BCUT2D eigenvalue weighted by atomic mass is 32.1. The molecule has 1 aliphatic heterocycles. The third-order valence-corrected chi connectivity index (χ3v) is 4.29. The molecule has 4 rings (SSSR count). The largest absolute Gasteiger partial charge is 0.467 e. The molecule has 0 amide bonds. The Morgan fingerprint density at radius 2 is 1.96 bits per heavy atom. The number of nitrogens with zero attached hydrogens (tertiary/aromatic N) is 2. The normalized spacial score (nSPS) is 20.7. The Bertz CT molecular complexity index is 772. The SMILES string of the molecule is S=C1N[C@@H](c2ccccn2)[C@@H](c2ccco2)N1Cc1ccco1. The third-order valence-electron chi connectivity index (χ3n) is 3.94. The zero-order valence-corrected chi connectivity index (χ0v) is 13.1. The summed E-state index contributed by atoms with van der Waals surface area (Å²) in [6, 6.07) is 13.4. The van der Waals surface area contributed by atoms with Gasteiger partial charge in [-0.25, -0.2) is 0 Å². The lowest BCUT2D eigenvalue weighted by Gasteiger charge is -2.25. The van der Waals surface area contributed by atoms with Crippen molar-refractivity contribution in [2.24, 2.45) is 0 Å². The molecule has 1 fully saturated rings. The van der Waals surface area contributed by atoms with Crippen LogP contribution in [0.2, 0.25) is 0 Å². The first kappa shape index (κ1) is 14.0. The Hall–Kier alpha value is -2.60. The molecule has 1 aliphatic rings. The number of furan rings is 2. The molecule has 0 aliphatic carbocycles. The van der Waals surface area contributed by atoms with Gasteiger partial charge in [0.15, 0.2) is 5.11 Å². The molecule has 5 nitrogen and oxygen atoms in total. The van der Waals surface area contributed by atoms with Crippen molar-refractivity contribution < 1.29 is 8.83 Å². The standard InChI is InChI=1S/C17H15N3O2S/c23-17-19-15(13-6-1-2-8-18-13)16(14-7-4-10-22-14)20(17)11-12-5-3-9-21-12/h1-10,15-16H,11H2,(H,19,23)/t15-,16+/m0/s1. The summed E-state index contributed by atoms with van der Waals surface area (Å²) in [5.41, 5.74) is 0.929. The van der Waals surface area contributed by atoms with Gasteiger partial charge in [-0.2, -0.15) is 0 Å². The van der Waals surface area contributed by atoms with Gasteiger partial charge in [0.2, 0.25) is 0 Å². The summed E-state index contributed by atoms with van der Waals surface area (Å²) in [6.07, 6.45) is 5.13. The Balaban J connectivity index is 1.71. The van der Waals surface area contributed by atoms with Crippen LogP contribution in [0, 0.1) is 0 Å². The quantitative estimate of drug-likeness (QED) is 0.742. The molecule has 0 saturated carbocycles. The monoisotopic (exact) mass is 325 g/mol. The second-order valence-electron chi connectivity index (χ2n) is 5.35. The second kappa shape index (κ2) is 5.89.